The first-order chi connectivity index (χ1) is 5.86. The van der Waals surface area contributed by atoms with Crippen LogP contribution >= 0.6 is 8.58 Å². The normalized spacial score (nSPS) is 10.5. The highest BCUT2D eigenvalue weighted by Gasteiger charge is 1.91. The average molecular weight is 183 g/mol. The quantitative estimate of drug-likeness (QED) is 0.723. The van der Waals surface area contributed by atoms with Crippen LogP contribution in [0.2, 0.25) is 0 Å². The maximum atomic E-state index is 5.44. The number of ether oxygens (including phenoxy) is 1. The Labute approximate surface area is 75.1 Å². The molecule has 0 amide bonds. The van der Waals surface area contributed by atoms with Gasteiger partial charge < -0.3 is 10.1 Å². The summed E-state index contributed by atoms with van der Waals surface area (Å²) in [5.74, 6) is 0.948. The molecule has 1 unspecified atom stereocenters. The molecule has 0 saturated heterocycles. The first kappa shape index (κ1) is 9.34. The lowest BCUT2D eigenvalue weighted by Crippen LogP contribution is -1.91. The van der Waals surface area contributed by atoms with E-state index in [0.717, 1.165) is 26.4 Å². The second-order valence-electron chi connectivity index (χ2n) is 2.42. The Balaban J connectivity index is 2.53. The molecule has 66 valence electrons. The molecule has 0 heterocycles. The lowest BCUT2D eigenvalue weighted by atomic mass is 10.3. The lowest BCUT2D eigenvalue weighted by Gasteiger charge is -2.04. The van der Waals surface area contributed by atoms with Crippen molar-refractivity contribution in [2.75, 3.05) is 25.4 Å². The van der Waals surface area contributed by atoms with Gasteiger partial charge in [-0.25, -0.2) is 0 Å². The Morgan fingerprint density at radius 2 is 2.00 bits per heavy atom. The fourth-order valence-electron chi connectivity index (χ4n) is 0.873. The minimum Gasteiger partial charge on any atom is -0.490 e. The number of anilines is 1. The highest BCUT2D eigenvalue weighted by atomic mass is 31.1. The zero-order valence-electron chi connectivity index (χ0n) is 7.42. The summed E-state index contributed by atoms with van der Waals surface area (Å²) in [4.78, 5) is 0. The molecule has 0 radical (unpaired) electrons. The van der Waals surface area contributed by atoms with Crippen molar-refractivity contribution in [1.82, 2.24) is 0 Å². The molecule has 0 fully saturated rings. The van der Waals surface area contributed by atoms with Crippen molar-refractivity contribution in [1.29, 1.82) is 0 Å². The number of benzene rings is 1. The van der Waals surface area contributed by atoms with Crippen LogP contribution in [-0.4, -0.2) is 20.1 Å². The van der Waals surface area contributed by atoms with Crippen LogP contribution in [0.5, 0.6) is 5.75 Å². The van der Waals surface area contributed by atoms with Gasteiger partial charge in [-0.05, 0) is 30.9 Å². The minimum absolute atomic E-state index is 0.818. The van der Waals surface area contributed by atoms with Crippen LogP contribution in [0.15, 0.2) is 24.3 Å². The smallest absolute Gasteiger partial charge is 0.119 e. The number of hydrogen-bond donors (Lipinski definition) is 1. The van der Waals surface area contributed by atoms with E-state index in [0.29, 0.717) is 0 Å². The maximum absolute atomic E-state index is 5.44. The summed E-state index contributed by atoms with van der Waals surface area (Å²) in [6, 6.07) is 7.97. The van der Waals surface area contributed by atoms with Crippen molar-refractivity contribution >= 4 is 14.3 Å². The van der Waals surface area contributed by atoms with Crippen LogP contribution in [-0.2, 0) is 0 Å². The molecule has 0 bridgehead atoms. The summed E-state index contributed by atoms with van der Waals surface area (Å²) in [6.45, 7) is 2.13. The van der Waals surface area contributed by atoms with Gasteiger partial charge in [0.2, 0.25) is 0 Å². The fraction of sp³-hybridized carbons (Fsp3) is 0.333. The van der Waals surface area contributed by atoms with Gasteiger partial charge in [-0.1, -0.05) is 8.58 Å². The summed E-state index contributed by atoms with van der Waals surface area (Å²) in [7, 11) is 2.75. The Morgan fingerprint density at radius 3 is 2.50 bits per heavy atom. The summed E-state index contributed by atoms with van der Waals surface area (Å²) in [5.41, 5.74) is 1.11. The molecule has 1 atom stereocenters. The van der Waals surface area contributed by atoms with Gasteiger partial charge >= 0.3 is 0 Å². The van der Waals surface area contributed by atoms with Gasteiger partial charge in [-0.3, -0.25) is 0 Å². The SMILES string of the molecule is CNc1ccc(OCPC)cc1. The van der Waals surface area contributed by atoms with E-state index in [4.69, 9.17) is 4.74 Å². The van der Waals surface area contributed by atoms with E-state index in [2.05, 4.69) is 12.0 Å². The first-order valence-electron chi connectivity index (χ1n) is 3.92. The van der Waals surface area contributed by atoms with Crippen LogP contribution in [0.4, 0.5) is 5.69 Å². The topological polar surface area (TPSA) is 21.3 Å². The van der Waals surface area contributed by atoms with E-state index in [-0.39, 0.29) is 0 Å². The summed E-state index contributed by atoms with van der Waals surface area (Å²) >= 11 is 0. The molecular weight excluding hydrogens is 169 g/mol. The molecule has 1 aromatic carbocycles. The van der Waals surface area contributed by atoms with E-state index in [9.17, 15) is 0 Å². The maximum Gasteiger partial charge on any atom is 0.119 e. The molecule has 0 aliphatic rings. The molecule has 3 heteroatoms. The molecular formula is C9H14NOP. The predicted octanol–water partition coefficient (Wildman–Crippen LogP) is 2.37. The number of nitrogens with one attached hydrogen (secondary N) is 1. The Bertz CT molecular complexity index is 222. The third-order valence-electron chi connectivity index (χ3n) is 1.53. The summed E-state index contributed by atoms with van der Waals surface area (Å²) in [6.07, 6.45) is 0.818. The van der Waals surface area contributed by atoms with Crippen molar-refractivity contribution in [2.24, 2.45) is 0 Å². The molecule has 0 aliphatic heterocycles. The van der Waals surface area contributed by atoms with Crippen molar-refractivity contribution in [3.63, 3.8) is 0 Å². The molecule has 1 aromatic rings. The second kappa shape index (κ2) is 5.00. The van der Waals surface area contributed by atoms with Gasteiger partial charge in [0, 0.05) is 12.7 Å². The molecule has 0 spiro atoms. The molecule has 1 N–H and O–H groups in total. The lowest BCUT2D eigenvalue weighted by molar-refractivity contribution is 0.391. The van der Waals surface area contributed by atoms with Crippen LogP contribution in [0.25, 0.3) is 0 Å². The largest absolute Gasteiger partial charge is 0.490 e. The van der Waals surface area contributed by atoms with Crippen LogP contribution in [0.1, 0.15) is 0 Å². The molecule has 0 saturated carbocycles. The van der Waals surface area contributed by atoms with E-state index in [1.165, 1.54) is 0 Å². The van der Waals surface area contributed by atoms with Gasteiger partial charge in [0.05, 0.1) is 0 Å². The summed E-state index contributed by atoms with van der Waals surface area (Å²) < 4.78 is 5.44. The fourth-order valence-corrected chi connectivity index (χ4v) is 1.18. The van der Waals surface area contributed by atoms with Gasteiger partial charge in [0.1, 0.15) is 12.1 Å². The minimum atomic E-state index is 0.818. The highest BCUT2D eigenvalue weighted by molar-refractivity contribution is 7.36. The van der Waals surface area contributed by atoms with Crippen molar-refractivity contribution in [3.05, 3.63) is 24.3 Å². The number of hydrogen-bond acceptors (Lipinski definition) is 2. The molecule has 1 rings (SSSR count). The van der Waals surface area contributed by atoms with Gasteiger partial charge in [0.15, 0.2) is 0 Å². The van der Waals surface area contributed by atoms with E-state index >= 15 is 0 Å². The van der Waals surface area contributed by atoms with Gasteiger partial charge in [-0.15, -0.1) is 0 Å². The zero-order valence-corrected chi connectivity index (χ0v) is 8.42. The van der Waals surface area contributed by atoms with Crippen LogP contribution in [0.3, 0.4) is 0 Å². The Morgan fingerprint density at radius 1 is 1.33 bits per heavy atom. The third-order valence-corrected chi connectivity index (χ3v) is 1.96. The summed E-state index contributed by atoms with van der Waals surface area (Å²) in [5, 5.41) is 3.06. The third kappa shape index (κ3) is 2.71. The number of rotatable bonds is 4. The Kier molecular flexibility index (Phi) is 3.89. The first-order valence-corrected chi connectivity index (χ1v) is 5.62. The average Bonchev–Trinajstić information content (AvgIpc) is 2.15. The Hall–Kier alpha value is -0.750. The van der Waals surface area contributed by atoms with Crippen molar-refractivity contribution in [3.8, 4) is 5.75 Å². The van der Waals surface area contributed by atoms with E-state index in [1.807, 2.05) is 31.3 Å². The zero-order chi connectivity index (χ0) is 8.81. The second-order valence-corrected chi connectivity index (χ2v) is 3.41. The van der Waals surface area contributed by atoms with E-state index < -0.39 is 0 Å². The molecule has 2 nitrogen and oxygen atoms in total. The standard InChI is InChI=1S/C9H14NOP/c1-10-8-3-5-9(6-4-8)11-7-12-2/h3-6,10,12H,7H2,1-2H3. The van der Waals surface area contributed by atoms with E-state index in [1.54, 1.807) is 0 Å². The van der Waals surface area contributed by atoms with Gasteiger partial charge in [0.25, 0.3) is 0 Å². The van der Waals surface area contributed by atoms with Crippen molar-refractivity contribution in [2.45, 2.75) is 0 Å². The molecule has 0 aromatic heterocycles. The van der Waals surface area contributed by atoms with Crippen molar-refractivity contribution < 1.29 is 4.74 Å². The molecule has 0 aliphatic carbocycles. The van der Waals surface area contributed by atoms with Gasteiger partial charge in [-0.2, -0.15) is 0 Å². The highest BCUT2D eigenvalue weighted by Crippen LogP contribution is 2.16. The monoisotopic (exact) mass is 183 g/mol. The van der Waals surface area contributed by atoms with Crippen LogP contribution < -0.4 is 10.1 Å². The predicted molar refractivity (Wildman–Crippen MR) is 55.7 cm³/mol. The van der Waals surface area contributed by atoms with Crippen LogP contribution in [0, 0.1) is 0 Å². The molecule has 12 heavy (non-hydrogen) atoms.